The third kappa shape index (κ3) is 0.715. The second kappa shape index (κ2) is 1.81. The minimum absolute atomic E-state index is 1.04. The average molecular weight is 134 g/mol. The third-order valence-electron chi connectivity index (χ3n) is 1.19. The molecule has 1 aromatic heterocycles. The van der Waals surface area contributed by atoms with E-state index in [0.29, 0.717) is 0 Å². The van der Waals surface area contributed by atoms with Gasteiger partial charge in [-0.3, -0.25) is 11.3 Å². The van der Waals surface area contributed by atoms with Crippen LogP contribution in [0.1, 0.15) is 0 Å². The van der Waals surface area contributed by atoms with Crippen LogP contribution in [0.25, 0.3) is 10.2 Å². The van der Waals surface area contributed by atoms with Gasteiger partial charge in [-0.1, -0.05) is 17.6 Å². The Hall–Kier alpha value is -0.890. The van der Waals surface area contributed by atoms with Crippen LogP contribution in [0.3, 0.4) is 0 Å². The monoisotopic (exact) mass is 134 g/mol. The highest BCUT2D eigenvalue weighted by Gasteiger charge is 1.77. The fourth-order valence-electron chi connectivity index (χ4n) is 0.757. The summed E-state index contributed by atoms with van der Waals surface area (Å²) in [6, 6.07) is 8.02. The smallest absolute Gasteiger partial charge is 0.0208 e. The van der Waals surface area contributed by atoms with Gasteiger partial charge in [-0.25, -0.2) is 0 Å². The van der Waals surface area contributed by atoms with E-state index in [9.17, 15) is 0 Å². The van der Waals surface area contributed by atoms with E-state index in [2.05, 4.69) is 10.5 Å². The Balaban J connectivity index is 2.95. The SMILES string of the molecule is [c-]1nc2ccccc2s1. The first-order valence-corrected chi connectivity index (χ1v) is 3.50. The molecule has 0 N–H and O–H groups in total. The van der Waals surface area contributed by atoms with E-state index in [4.69, 9.17) is 0 Å². The van der Waals surface area contributed by atoms with Crippen LogP contribution in [-0.2, 0) is 0 Å². The van der Waals surface area contributed by atoms with Crippen LogP contribution < -0.4 is 0 Å². The number of hydrogen-bond acceptors (Lipinski definition) is 2. The molecule has 0 aliphatic rings. The van der Waals surface area contributed by atoms with Crippen LogP contribution in [0.5, 0.6) is 0 Å². The van der Waals surface area contributed by atoms with E-state index >= 15 is 0 Å². The van der Waals surface area contributed by atoms with Gasteiger partial charge in [0.25, 0.3) is 0 Å². The number of hydrogen-bond donors (Lipinski definition) is 0. The van der Waals surface area contributed by atoms with Gasteiger partial charge in [0, 0.05) is 0 Å². The fraction of sp³-hybridized carbons (Fsp3) is 0. The highest BCUT2D eigenvalue weighted by atomic mass is 32.1. The van der Waals surface area contributed by atoms with Crippen molar-refractivity contribution < 1.29 is 0 Å². The molecule has 0 fully saturated rings. The normalized spacial score (nSPS) is 10.2. The van der Waals surface area contributed by atoms with Gasteiger partial charge in [0.2, 0.25) is 0 Å². The number of para-hydroxylation sites is 1. The highest BCUT2D eigenvalue weighted by molar-refractivity contribution is 7.16. The van der Waals surface area contributed by atoms with Crippen LogP contribution in [0.2, 0.25) is 0 Å². The van der Waals surface area contributed by atoms with E-state index in [1.807, 2.05) is 24.3 Å². The van der Waals surface area contributed by atoms with E-state index in [1.165, 1.54) is 4.70 Å². The van der Waals surface area contributed by atoms with E-state index in [1.54, 1.807) is 11.3 Å². The van der Waals surface area contributed by atoms with Gasteiger partial charge in [0.15, 0.2) is 0 Å². The number of aromatic nitrogens is 1. The fourth-order valence-corrected chi connectivity index (χ4v) is 1.36. The molecule has 2 aromatic rings. The summed E-state index contributed by atoms with van der Waals surface area (Å²) in [7, 11) is 0. The Morgan fingerprint density at radius 1 is 1.33 bits per heavy atom. The molecule has 9 heavy (non-hydrogen) atoms. The zero-order valence-electron chi connectivity index (χ0n) is 4.66. The lowest BCUT2D eigenvalue weighted by atomic mass is 10.3. The van der Waals surface area contributed by atoms with Crippen molar-refractivity contribution in [1.82, 2.24) is 4.98 Å². The first kappa shape index (κ1) is 4.94. The quantitative estimate of drug-likeness (QED) is 0.503. The molecule has 0 unspecified atom stereocenters. The van der Waals surface area contributed by atoms with Gasteiger partial charge in [-0.15, -0.1) is 16.8 Å². The van der Waals surface area contributed by atoms with Crippen molar-refractivity contribution in [1.29, 1.82) is 0 Å². The van der Waals surface area contributed by atoms with Gasteiger partial charge in [0.05, 0.1) is 0 Å². The Kier molecular flexibility index (Phi) is 0.993. The lowest BCUT2D eigenvalue weighted by Gasteiger charge is -1.91. The van der Waals surface area contributed by atoms with Crippen molar-refractivity contribution >= 4 is 21.6 Å². The van der Waals surface area contributed by atoms with E-state index < -0.39 is 0 Å². The number of rotatable bonds is 0. The summed E-state index contributed by atoms with van der Waals surface area (Å²) in [6.07, 6.45) is 0. The van der Waals surface area contributed by atoms with Crippen LogP contribution in [0.15, 0.2) is 24.3 Å². The number of thiazole rings is 1. The maximum absolute atomic E-state index is 4.01. The third-order valence-corrected chi connectivity index (χ3v) is 1.93. The van der Waals surface area contributed by atoms with Crippen LogP contribution in [0.4, 0.5) is 0 Å². The molecule has 0 saturated carbocycles. The topological polar surface area (TPSA) is 12.9 Å². The van der Waals surface area contributed by atoms with Gasteiger partial charge in [0.1, 0.15) is 0 Å². The molecule has 2 heteroatoms. The van der Waals surface area contributed by atoms with Crippen molar-refractivity contribution in [2.24, 2.45) is 0 Å². The molecule has 44 valence electrons. The number of fused-ring (bicyclic) bond motifs is 1. The Morgan fingerprint density at radius 2 is 2.22 bits per heavy atom. The van der Waals surface area contributed by atoms with Crippen molar-refractivity contribution in [3.8, 4) is 0 Å². The summed E-state index contributed by atoms with van der Waals surface area (Å²) in [5, 5.41) is 0. The molecule has 0 radical (unpaired) electrons. The largest absolute Gasteiger partial charge is 0.386 e. The molecule has 0 saturated heterocycles. The van der Waals surface area contributed by atoms with Crippen molar-refractivity contribution in [2.45, 2.75) is 0 Å². The molecule has 0 amide bonds. The molecule has 0 aliphatic heterocycles. The molecular formula is C7H4NS-. The molecule has 0 spiro atoms. The predicted molar refractivity (Wildman–Crippen MR) is 38.5 cm³/mol. The average Bonchev–Trinajstić information content (AvgIpc) is 2.33. The van der Waals surface area contributed by atoms with Crippen LogP contribution >= 0.6 is 11.3 Å². The zero-order valence-corrected chi connectivity index (χ0v) is 5.48. The second-order valence-electron chi connectivity index (χ2n) is 1.77. The van der Waals surface area contributed by atoms with Crippen molar-refractivity contribution in [3.63, 3.8) is 0 Å². The lowest BCUT2D eigenvalue weighted by molar-refractivity contribution is 1.48. The Labute approximate surface area is 57.0 Å². The molecule has 0 atom stereocenters. The van der Waals surface area contributed by atoms with Crippen LogP contribution in [-0.4, -0.2) is 4.98 Å². The van der Waals surface area contributed by atoms with Gasteiger partial charge in [-0.2, -0.15) is 0 Å². The molecule has 1 nitrogen and oxygen atoms in total. The lowest BCUT2D eigenvalue weighted by Crippen LogP contribution is -1.61. The van der Waals surface area contributed by atoms with Gasteiger partial charge < -0.3 is 4.98 Å². The van der Waals surface area contributed by atoms with Crippen molar-refractivity contribution in [2.75, 3.05) is 0 Å². The van der Waals surface area contributed by atoms with Gasteiger partial charge >= 0.3 is 0 Å². The standard InChI is InChI=1S/C7H4NS/c1-2-4-7-6(3-1)8-5-9-7/h1-4H/q-1. The van der Waals surface area contributed by atoms with E-state index in [-0.39, 0.29) is 0 Å². The van der Waals surface area contributed by atoms with Gasteiger partial charge in [-0.05, 0) is 5.51 Å². The predicted octanol–water partition coefficient (Wildman–Crippen LogP) is 2.10. The first-order valence-electron chi connectivity index (χ1n) is 2.68. The molecule has 0 bridgehead atoms. The summed E-state index contributed by atoms with van der Waals surface area (Å²) in [5.41, 5.74) is 3.87. The summed E-state index contributed by atoms with van der Waals surface area (Å²) in [6.45, 7) is 0. The zero-order chi connectivity index (χ0) is 6.10. The Morgan fingerprint density at radius 3 is 3.11 bits per heavy atom. The minimum Gasteiger partial charge on any atom is -0.386 e. The molecule has 1 aromatic carbocycles. The number of nitrogens with zero attached hydrogens (tertiary/aromatic N) is 1. The Bertz CT molecular complexity index is 283. The summed E-state index contributed by atoms with van der Waals surface area (Å²) < 4.78 is 1.21. The second-order valence-corrected chi connectivity index (χ2v) is 2.60. The maximum atomic E-state index is 4.01. The molecule has 2 rings (SSSR count). The maximum Gasteiger partial charge on any atom is -0.0208 e. The van der Waals surface area contributed by atoms with Crippen molar-refractivity contribution in [3.05, 3.63) is 29.8 Å². The highest BCUT2D eigenvalue weighted by Crippen LogP contribution is 2.14. The summed E-state index contributed by atoms with van der Waals surface area (Å²) in [5.74, 6) is 0. The molecule has 1 heterocycles. The summed E-state index contributed by atoms with van der Waals surface area (Å²) >= 11 is 1.55. The first-order chi connectivity index (χ1) is 4.47. The minimum atomic E-state index is 1.04. The number of benzene rings is 1. The van der Waals surface area contributed by atoms with Crippen LogP contribution in [0, 0.1) is 5.51 Å². The summed E-state index contributed by atoms with van der Waals surface area (Å²) in [4.78, 5) is 4.01. The molecule has 0 aliphatic carbocycles. The van der Waals surface area contributed by atoms with E-state index in [0.717, 1.165) is 5.52 Å². The molecular weight excluding hydrogens is 130 g/mol.